The van der Waals surface area contributed by atoms with Crippen LogP contribution in [0.1, 0.15) is 15.9 Å². The average molecular weight is 409 g/mol. The van der Waals surface area contributed by atoms with E-state index in [9.17, 15) is 19.7 Å². The van der Waals surface area contributed by atoms with E-state index in [0.29, 0.717) is 32.6 Å². The van der Waals surface area contributed by atoms with Crippen LogP contribution in [-0.2, 0) is 0 Å². The van der Waals surface area contributed by atoms with Crippen LogP contribution in [0.2, 0.25) is 5.02 Å². The number of hydrogen-bond acceptors (Lipinski definition) is 5. The molecule has 0 unspecified atom stereocenters. The average Bonchev–Trinajstić information content (AvgIpc) is 2.69. The first-order valence-electron chi connectivity index (χ1n) is 8.56. The van der Waals surface area contributed by atoms with E-state index < -0.39 is 10.8 Å². The molecular weight excluding hydrogens is 396 g/mol. The number of nitro groups is 1. The molecule has 144 valence electrons. The number of hydrogen-bond donors (Lipinski definition) is 1. The number of nitrogens with one attached hydrogen (secondary N) is 1. The second-order valence-corrected chi connectivity index (χ2v) is 6.90. The first kappa shape index (κ1) is 18.6. The van der Waals surface area contributed by atoms with E-state index in [1.54, 1.807) is 30.3 Å². The van der Waals surface area contributed by atoms with Crippen molar-refractivity contribution in [3.05, 3.63) is 91.1 Å². The lowest BCUT2D eigenvalue weighted by Gasteiger charge is -2.08. The number of nitrogens with zero attached hydrogens (tertiary/aromatic N) is 1. The van der Waals surface area contributed by atoms with Crippen LogP contribution in [-0.4, -0.2) is 10.8 Å². The van der Waals surface area contributed by atoms with Gasteiger partial charge in [0.2, 0.25) is 5.43 Å². The molecule has 0 saturated carbocycles. The predicted octanol–water partition coefficient (Wildman–Crippen LogP) is 5.07. The standard InChI is InChI=1S/C21H13ClN2O5/c1-11-8-18-16(10-17(11)22)20(25)15-7-4-13(9-19(15)29-18)23-21(26)12-2-5-14(6-3-12)24(27)28/h2-10H,1H3,(H,23,26). The summed E-state index contributed by atoms with van der Waals surface area (Å²) in [5.74, 6) is -0.440. The van der Waals surface area contributed by atoms with Gasteiger partial charge in [0.05, 0.1) is 15.7 Å². The first-order chi connectivity index (χ1) is 13.8. The van der Waals surface area contributed by atoms with Gasteiger partial charge in [-0.15, -0.1) is 0 Å². The van der Waals surface area contributed by atoms with Gasteiger partial charge in [-0.05, 0) is 48.9 Å². The highest BCUT2D eigenvalue weighted by Crippen LogP contribution is 2.26. The van der Waals surface area contributed by atoms with Crippen LogP contribution in [0, 0.1) is 17.0 Å². The maximum Gasteiger partial charge on any atom is 0.269 e. The maximum absolute atomic E-state index is 12.7. The highest BCUT2D eigenvalue weighted by atomic mass is 35.5. The lowest BCUT2D eigenvalue weighted by atomic mass is 10.1. The molecule has 0 aliphatic carbocycles. The van der Waals surface area contributed by atoms with Crippen molar-refractivity contribution in [3.63, 3.8) is 0 Å². The Labute approximate surface area is 168 Å². The second kappa shape index (κ2) is 7.03. The first-order valence-corrected chi connectivity index (χ1v) is 8.94. The van der Waals surface area contributed by atoms with Gasteiger partial charge in [-0.2, -0.15) is 0 Å². The zero-order valence-electron chi connectivity index (χ0n) is 15.1. The molecule has 0 saturated heterocycles. The molecule has 4 aromatic rings. The van der Waals surface area contributed by atoms with Crippen molar-refractivity contribution in [1.82, 2.24) is 0 Å². The van der Waals surface area contributed by atoms with Gasteiger partial charge in [0.1, 0.15) is 11.2 Å². The molecule has 0 atom stereocenters. The van der Waals surface area contributed by atoms with E-state index in [1.807, 2.05) is 6.92 Å². The third-order valence-electron chi connectivity index (χ3n) is 4.55. The van der Waals surface area contributed by atoms with E-state index in [-0.39, 0.29) is 16.7 Å². The summed E-state index contributed by atoms with van der Waals surface area (Å²) in [5.41, 5.74) is 1.89. The Kier molecular flexibility index (Phi) is 4.52. The van der Waals surface area contributed by atoms with Crippen LogP contribution in [0.25, 0.3) is 21.9 Å². The molecule has 1 N–H and O–H groups in total. The van der Waals surface area contributed by atoms with Crippen molar-refractivity contribution in [2.75, 3.05) is 5.32 Å². The summed E-state index contributed by atoms with van der Waals surface area (Å²) in [5, 5.41) is 14.6. The Morgan fingerprint density at radius 2 is 1.72 bits per heavy atom. The third-order valence-corrected chi connectivity index (χ3v) is 4.96. The van der Waals surface area contributed by atoms with Crippen molar-refractivity contribution in [3.8, 4) is 0 Å². The van der Waals surface area contributed by atoms with E-state index in [2.05, 4.69) is 5.32 Å². The number of anilines is 1. The number of aryl methyl sites for hydroxylation is 1. The maximum atomic E-state index is 12.7. The van der Waals surface area contributed by atoms with Gasteiger partial charge in [0, 0.05) is 34.5 Å². The molecule has 0 fully saturated rings. The second-order valence-electron chi connectivity index (χ2n) is 6.50. The summed E-state index contributed by atoms with van der Waals surface area (Å²) in [6, 6.07) is 13.3. The lowest BCUT2D eigenvalue weighted by molar-refractivity contribution is -0.384. The number of nitro benzene ring substituents is 1. The smallest absolute Gasteiger partial charge is 0.269 e. The molecular formula is C21H13ClN2O5. The fraction of sp³-hybridized carbons (Fsp3) is 0.0476. The Balaban J connectivity index is 1.70. The monoisotopic (exact) mass is 408 g/mol. The molecule has 4 rings (SSSR count). The highest BCUT2D eigenvalue weighted by Gasteiger charge is 2.13. The van der Waals surface area contributed by atoms with Gasteiger partial charge in [0.25, 0.3) is 11.6 Å². The third kappa shape index (κ3) is 3.43. The van der Waals surface area contributed by atoms with Crippen molar-refractivity contribution >= 4 is 50.8 Å². The molecule has 8 heteroatoms. The largest absolute Gasteiger partial charge is 0.456 e. The van der Waals surface area contributed by atoms with Crippen LogP contribution < -0.4 is 10.7 Å². The zero-order valence-corrected chi connectivity index (χ0v) is 15.8. The van der Waals surface area contributed by atoms with E-state index in [1.165, 1.54) is 24.3 Å². The van der Waals surface area contributed by atoms with Crippen LogP contribution in [0.4, 0.5) is 11.4 Å². The fourth-order valence-electron chi connectivity index (χ4n) is 2.99. The van der Waals surface area contributed by atoms with Crippen LogP contribution in [0.5, 0.6) is 0 Å². The topological polar surface area (TPSA) is 102 Å². The molecule has 1 heterocycles. The van der Waals surface area contributed by atoms with Crippen LogP contribution in [0.3, 0.4) is 0 Å². The lowest BCUT2D eigenvalue weighted by Crippen LogP contribution is -2.12. The normalized spacial score (nSPS) is 11.0. The van der Waals surface area contributed by atoms with Crippen molar-refractivity contribution in [1.29, 1.82) is 0 Å². The van der Waals surface area contributed by atoms with Crippen LogP contribution >= 0.6 is 11.6 Å². The highest BCUT2D eigenvalue weighted by molar-refractivity contribution is 6.32. The van der Waals surface area contributed by atoms with E-state index in [4.69, 9.17) is 16.0 Å². The quantitative estimate of drug-likeness (QED) is 0.289. The summed E-state index contributed by atoms with van der Waals surface area (Å²) in [7, 11) is 0. The van der Waals surface area contributed by atoms with Gasteiger partial charge < -0.3 is 9.73 Å². The minimum atomic E-state index is -0.535. The van der Waals surface area contributed by atoms with Gasteiger partial charge in [-0.3, -0.25) is 19.7 Å². The molecule has 0 spiro atoms. The molecule has 0 aliphatic rings. The molecule has 0 bridgehead atoms. The van der Waals surface area contributed by atoms with Gasteiger partial charge >= 0.3 is 0 Å². The minimum absolute atomic E-state index is 0.101. The van der Waals surface area contributed by atoms with Gasteiger partial charge in [0.15, 0.2) is 0 Å². The number of halogens is 1. The van der Waals surface area contributed by atoms with E-state index >= 15 is 0 Å². The molecule has 0 radical (unpaired) electrons. The van der Waals surface area contributed by atoms with Crippen LogP contribution in [0.15, 0.2) is 63.8 Å². The van der Waals surface area contributed by atoms with Gasteiger partial charge in [-0.25, -0.2) is 0 Å². The summed E-state index contributed by atoms with van der Waals surface area (Å²) >= 11 is 6.11. The number of fused-ring (bicyclic) bond motifs is 2. The zero-order chi connectivity index (χ0) is 20.7. The molecule has 29 heavy (non-hydrogen) atoms. The van der Waals surface area contributed by atoms with E-state index in [0.717, 1.165) is 5.56 Å². The molecule has 3 aromatic carbocycles. The number of amides is 1. The Hall–Kier alpha value is -3.71. The number of rotatable bonds is 3. The van der Waals surface area contributed by atoms with Crippen molar-refractivity contribution < 1.29 is 14.1 Å². The fourth-order valence-corrected chi connectivity index (χ4v) is 3.15. The van der Waals surface area contributed by atoms with Gasteiger partial charge in [-0.1, -0.05) is 11.6 Å². The SMILES string of the molecule is Cc1cc2oc3cc(NC(=O)c4ccc([N+](=O)[O-])cc4)ccc3c(=O)c2cc1Cl. The molecule has 7 nitrogen and oxygen atoms in total. The Bertz CT molecular complexity index is 1360. The molecule has 1 amide bonds. The summed E-state index contributed by atoms with van der Waals surface area (Å²) in [6.07, 6.45) is 0. The Morgan fingerprint density at radius 1 is 1.03 bits per heavy atom. The molecule has 1 aromatic heterocycles. The summed E-state index contributed by atoms with van der Waals surface area (Å²) < 4.78 is 5.85. The number of benzene rings is 3. The molecule has 0 aliphatic heterocycles. The predicted molar refractivity (Wildman–Crippen MR) is 111 cm³/mol. The Morgan fingerprint density at radius 3 is 2.41 bits per heavy atom. The number of carbonyl (C=O) groups excluding carboxylic acids is 1. The summed E-state index contributed by atoms with van der Waals surface area (Å²) in [4.78, 5) is 35.3. The summed E-state index contributed by atoms with van der Waals surface area (Å²) in [6.45, 7) is 1.81. The minimum Gasteiger partial charge on any atom is -0.456 e. The van der Waals surface area contributed by atoms with Crippen molar-refractivity contribution in [2.45, 2.75) is 6.92 Å². The number of non-ortho nitro benzene ring substituents is 1. The number of carbonyl (C=O) groups is 1. The van der Waals surface area contributed by atoms with Crippen molar-refractivity contribution in [2.24, 2.45) is 0 Å².